The minimum Gasteiger partial charge on any atom is -0.398 e. The Balaban J connectivity index is 2.73. The zero-order chi connectivity index (χ0) is 13.4. The molecule has 2 aromatic rings. The number of nitrogen functional groups attached to an aromatic ring is 1. The molecule has 0 amide bonds. The smallest absolute Gasteiger partial charge is 0.148 e. The summed E-state index contributed by atoms with van der Waals surface area (Å²) in [5.41, 5.74) is 8.93. The van der Waals surface area contributed by atoms with E-state index in [9.17, 15) is 4.39 Å². The Morgan fingerprint density at radius 1 is 1.39 bits per heavy atom. The van der Waals surface area contributed by atoms with E-state index in [0.717, 1.165) is 17.7 Å². The average Bonchev–Trinajstić information content (AvgIpc) is 2.24. The Morgan fingerprint density at radius 2 is 2.06 bits per heavy atom. The first-order chi connectivity index (χ1) is 8.40. The summed E-state index contributed by atoms with van der Waals surface area (Å²) in [6, 6.07) is 3.51. The number of nitrogens with zero attached hydrogens (tertiary/aromatic N) is 1. The van der Waals surface area contributed by atoms with Gasteiger partial charge < -0.3 is 5.73 Å². The molecule has 1 aromatic carbocycles. The summed E-state index contributed by atoms with van der Waals surface area (Å²) in [6.07, 6.45) is 0.845. The van der Waals surface area contributed by atoms with Crippen LogP contribution in [0.5, 0.6) is 0 Å². The summed E-state index contributed by atoms with van der Waals surface area (Å²) >= 11 is 3.20. The van der Waals surface area contributed by atoms with E-state index in [-0.39, 0.29) is 5.82 Å². The maximum Gasteiger partial charge on any atom is 0.148 e. The van der Waals surface area contributed by atoms with E-state index in [1.54, 1.807) is 12.1 Å². The first-order valence-electron chi connectivity index (χ1n) is 5.94. The predicted molar refractivity (Wildman–Crippen MR) is 77.1 cm³/mol. The van der Waals surface area contributed by atoms with Crippen LogP contribution >= 0.6 is 15.9 Å². The molecule has 0 spiro atoms. The topological polar surface area (TPSA) is 38.9 Å². The van der Waals surface area contributed by atoms with Crippen molar-refractivity contribution in [3.8, 4) is 0 Å². The summed E-state index contributed by atoms with van der Waals surface area (Å²) in [5, 5.41) is 0.411. The van der Waals surface area contributed by atoms with E-state index in [4.69, 9.17) is 5.73 Å². The van der Waals surface area contributed by atoms with Gasteiger partial charge in [0, 0.05) is 11.4 Å². The van der Waals surface area contributed by atoms with E-state index >= 15 is 0 Å². The van der Waals surface area contributed by atoms with Gasteiger partial charge in [-0.1, -0.05) is 13.8 Å². The quantitative estimate of drug-likeness (QED) is 0.901. The highest BCUT2D eigenvalue weighted by molar-refractivity contribution is 9.10. The third kappa shape index (κ3) is 2.34. The summed E-state index contributed by atoms with van der Waals surface area (Å²) in [7, 11) is 0. The van der Waals surface area contributed by atoms with Gasteiger partial charge in [0.15, 0.2) is 0 Å². The molecular weight excluding hydrogens is 295 g/mol. The van der Waals surface area contributed by atoms with Crippen LogP contribution in [0.25, 0.3) is 10.9 Å². The molecule has 2 rings (SSSR count). The molecule has 0 aliphatic heterocycles. The number of hydrogen-bond donors (Lipinski definition) is 1. The molecule has 2 N–H and O–H groups in total. The second-order valence-electron chi connectivity index (χ2n) is 5.01. The lowest BCUT2D eigenvalue weighted by atomic mass is 10.0. The van der Waals surface area contributed by atoms with Crippen LogP contribution in [0, 0.1) is 18.7 Å². The molecule has 0 unspecified atom stereocenters. The van der Waals surface area contributed by atoms with E-state index in [1.807, 2.05) is 6.92 Å². The predicted octanol–water partition coefficient (Wildman–Crippen LogP) is 4.23. The molecule has 0 saturated heterocycles. The van der Waals surface area contributed by atoms with Crippen molar-refractivity contribution in [2.75, 3.05) is 5.73 Å². The number of halogens is 2. The number of rotatable bonds is 2. The van der Waals surface area contributed by atoms with Crippen LogP contribution in [-0.2, 0) is 6.42 Å². The van der Waals surface area contributed by atoms with Crippen molar-refractivity contribution in [3.63, 3.8) is 0 Å². The summed E-state index contributed by atoms with van der Waals surface area (Å²) < 4.78 is 14.5. The molecule has 0 bridgehead atoms. The van der Waals surface area contributed by atoms with Gasteiger partial charge in [-0.2, -0.15) is 0 Å². The van der Waals surface area contributed by atoms with Gasteiger partial charge in [-0.15, -0.1) is 0 Å². The molecule has 1 heterocycles. The van der Waals surface area contributed by atoms with Crippen LogP contribution < -0.4 is 5.73 Å². The van der Waals surface area contributed by atoms with Crippen molar-refractivity contribution < 1.29 is 4.39 Å². The van der Waals surface area contributed by atoms with Crippen molar-refractivity contribution in [3.05, 3.63) is 33.7 Å². The molecule has 18 heavy (non-hydrogen) atoms. The van der Waals surface area contributed by atoms with Crippen LogP contribution in [0.15, 0.2) is 16.6 Å². The van der Waals surface area contributed by atoms with Gasteiger partial charge in [-0.05, 0) is 52.9 Å². The van der Waals surface area contributed by atoms with Gasteiger partial charge >= 0.3 is 0 Å². The number of fused-ring (bicyclic) bond motifs is 1. The van der Waals surface area contributed by atoms with Gasteiger partial charge in [-0.3, -0.25) is 4.98 Å². The maximum atomic E-state index is 14.1. The molecule has 0 atom stereocenters. The molecule has 0 aliphatic carbocycles. The summed E-state index contributed by atoms with van der Waals surface area (Å²) in [6.45, 7) is 6.16. The lowest BCUT2D eigenvalue weighted by Gasteiger charge is -2.11. The molecular formula is C14H16BrFN2. The zero-order valence-corrected chi connectivity index (χ0v) is 12.3. The normalized spacial score (nSPS) is 11.4. The Bertz CT molecular complexity index is 609. The highest BCUT2D eigenvalue weighted by Gasteiger charge is 2.14. The Labute approximate surface area is 115 Å². The molecule has 96 valence electrons. The first-order valence-corrected chi connectivity index (χ1v) is 6.73. The Kier molecular flexibility index (Phi) is 3.57. The molecule has 0 radical (unpaired) electrons. The molecule has 0 fully saturated rings. The lowest BCUT2D eigenvalue weighted by molar-refractivity contribution is 0.630. The van der Waals surface area contributed by atoms with Gasteiger partial charge in [-0.25, -0.2) is 4.39 Å². The van der Waals surface area contributed by atoms with Gasteiger partial charge in [0.1, 0.15) is 5.82 Å². The minimum atomic E-state index is -0.336. The van der Waals surface area contributed by atoms with Crippen LogP contribution in [0.4, 0.5) is 10.1 Å². The van der Waals surface area contributed by atoms with Crippen molar-refractivity contribution in [2.45, 2.75) is 27.2 Å². The fourth-order valence-electron chi connectivity index (χ4n) is 2.10. The number of pyridine rings is 1. The van der Waals surface area contributed by atoms with E-state index < -0.39 is 0 Å². The number of aromatic nitrogens is 1. The van der Waals surface area contributed by atoms with E-state index in [1.165, 1.54) is 0 Å². The second kappa shape index (κ2) is 4.84. The summed E-state index contributed by atoms with van der Waals surface area (Å²) in [5.74, 6) is 0.159. The number of hydrogen-bond acceptors (Lipinski definition) is 2. The third-order valence-electron chi connectivity index (χ3n) is 2.87. The largest absolute Gasteiger partial charge is 0.398 e. The molecule has 4 heteroatoms. The number of aryl methyl sites for hydroxylation is 1. The summed E-state index contributed by atoms with van der Waals surface area (Å²) in [4.78, 5) is 4.54. The Hall–Kier alpha value is -1.16. The third-order valence-corrected chi connectivity index (χ3v) is 3.44. The number of nitrogens with two attached hydrogens (primary N) is 1. The number of anilines is 1. The maximum absolute atomic E-state index is 14.1. The van der Waals surface area contributed by atoms with Crippen LogP contribution in [0.2, 0.25) is 0 Å². The van der Waals surface area contributed by atoms with Gasteiger partial charge in [0.05, 0.1) is 15.4 Å². The number of benzene rings is 1. The van der Waals surface area contributed by atoms with Crippen LogP contribution in [-0.4, -0.2) is 4.98 Å². The van der Waals surface area contributed by atoms with Crippen molar-refractivity contribution in [1.29, 1.82) is 0 Å². The molecule has 0 saturated carbocycles. The van der Waals surface area contributed by atoms with Crippen LogP contribution in [0.1, 0.15) is 25.1 Å². The average molecular weight is 311 g/mol. The van der Waals surface area contributed by atoms with E-state index in [2.05, 4.69) is 34.8 Å². The van der Waals surface area contributed by atoms with Crippen molar-refractivity contribution in [1.82, 2.24) is 4.98 Å². The fourth-order valence-corrected chi connectivity index (χ4v) is 2.64. The SMILES string of the molecule is Cc1cc(Br)c(F)c2c(N)cc(CC(C)C)nc12. The Morgan fingerprint density at radius 3 is 2.67 bits per heavy atom. The monoisotopic (exact) mass is 310 g/mol. The van der Waals surface area contributed by atoms with Gasteiger partial charge in [0.2, 0.25) is 0 Å². The van der Waals surface area contributed by atoms with Crippen LogP contribution in [0.3, 0.4) is 0 Å². The zero-order valence-electron chi connectivity index (χ0n) is 10.7. The fraction of sp³-hybridized carbons (Fsp3) is 0.357. The highest BCUT2D eigenvalue weighted by Crippen LogP contribution is 2.31. The lowest BCUT2D eigenvalue weighted by Crippen LogP contribution is -2.02. The second-order valence-corrected chi connectivity index (χ2v) is 5.87. The van der Waals surface area contributed by atoms with Gasteiger partial charge in [0.25, 0.3) is 0 Å². The first kappa shape index (κ1) is 13.3. The molecule has 0 aliphatic rings. The minimum absolute atomic E-state index is 0.336. The highest BCUT2D eigenvalue weighted by atomic mass is 79.9. The van der Waals surface area contributed by atoms with Crippen molar-refractivity contribution >= 4 is 32.5 Å². The molecule has 2 nitrogen and oxygen atoms in total. The molecule has 1 aromatic heterocycles. The standard InChI is InChI=1S/C14H16BrFN2/c1-7(2)4-9-6-11(17)12-13(16)10(15)5-8(3)14(12)18-9/h5-7H,4H2,1-3H3,(H2,17,18). The van der Waals surface area contributed by atoms with E-state index in [0.29, 0.717) is 27.0 Å². The van der Waals surface area contributed by atoms with Crippen molar-refractivity contribution in [2.24, 2.45) is 5.92 Å².